The number of nitrogens with one attached hydrogen (secondary N) is 1. The van der Waals surface area contributed by atoms with Crippen LogP contribution in [0.5, 0.6) is 5.75 Å². The molecule has 2 nitrogen and oxygen atoms in total. The summed E-state index contributed by atoms with van der Waals surface area (Å²) in [7, 11) is 1.74. The summed E-state index contributed by atoms with van der Waals surface area (Å²) in [5.41, 5.74) is 2.70. The van der Waals surface area contributed by atoms with Crippen molar-refractivity contribution in [3.05, 3.63) is 29.3 Å². The van der Waals surface area contributed by atoms with E-state index in [0.29, 0.717) is 12.0 Å². The summed E-state index contributed by atoms with van der Waals surface area (Å²) in [6, 6.07) is 7.02. The quantitative estimate of drug-likeness (QED) is 0.877. The molecule has 1 atom stereocenters. The lowest BCUT2D eigenvalue weighted by Gasteiger charge is -2.30. The average molecular weight is 242 g/mol. The molecular weight excluding hydrogens is 222 g/mol. The molecule has 0 amide bonds. The van der Waals surface area contributed by atoms with Crippen molar-refractivity contribution < 1.29 is 4.74 Å². The van der Waals surface area contributed by atoms with Crippen molar-refractivity contribution in [1.82, 2.24) is 5.32 Å². The summed E-state index contributed by atoms with van der Waals surface area (Å²) < 4.78 is 5.40. The first-order valence-corrected chi connectivity index (χ1v) is 5.63. The molecule has 0 unspecified atom stereocenters. The molecule has 2 rings (SSSR count). The molecule has 1 aromatic rings. The highest BCUT2D eigenvalue weighted by Crippen LogP contribution is 2.33. The Balaban J connectivity index is 0.00000128. The van der Waals surface area contributed by atoms with Gasteiger partial charge in [-0.2, -0.15) is 0 Å². The van der Waals surface area contributed by atoms with E-state index in [1.54, 1.807) is 7.11 Å². The highest BCUT2D eigenvalue weighted by molar-refractivity contribution is 5.85. The number of benzene rings is 1. The number of rotatable bonds is 3. The highest BCUT2D eigenvalue weighted by Gasteiger charge is 2.22. The summed E-state index contributed by atoms with van der Waals surface area (Å²) in [6.45, 7) is 5.57. The van der Waals surface area contributed by atoms with Gasteiger partial charge in [0.25, 0.3) is 0 Å². The lowest BCUT2D eigenvalue weighted by molar-refractivity contribution is 0.353. The summed E-state index contributed by atoms with van der Waals surface area (Å²) >= 11 is 0. The molecule has 0 aromatic heterocycles. The molecule has 1 aliphatic rings. The SMILES string of the molecule is COc1ccc(C(C)C)cc1[C@H]1CCN1.Cl. The second-order valence-electron chi connectivity index (χ2n) is 4.45. The molecule has 1 saturated heterocycles. The Morgan fingerprint density at radius 1 is 1.38 bits per heavy atom. The molecule has 16 heavy (non-hydrogen) atoms. The zero-order valence-corrected chi connectivity index (χ0v) is 10.9. The second kappa shape index (κ2) is 5.55. The van der Waals surface area contributed by atoms with E-state index in [2.05, 4.69) is 37.4 Å². The van der Waals surface area contributed by atoms with Gasteiger partial charge in [0, 0.05) is 11.6 Å². The van der Waals surface area contributed by atoms with Crippen LogP contribution in [0.15, 0.2) is 18.2 Å². The largest absolute Gasteiger partial charge is 0.496 e. The molecule has 1 aromatic carbocycles. The standard InChI is InChI=1S/C13H19NO.ClH/c1-9(2)10-4-5-13(15-3)11(8-10)12-6-7-14-12;/h4-5,8-9,12,14H,6-7H2,1-3H3;1H/t12-;/m1./s1. The fraction of sp³-hybridized carbons (Fsp3) is 0.538. The maximum absolute atomic E-state index is 5.40. The van der Waals surface area contributed by atoms with E-state index in [1.807, 2.05) is 0 Å². The fourth-order valence-electron chi connectivity index (χ4n) is 1.94. The van der Waals surface area contributed by atoms with E-state index in [-0.39, 0.29) is 12.4 Å². The summed E-state index contributed by atoms with van der Waals surface area (Å²) in [6.07, 6.45) is 1.22. The number of ether oxygens (including phenoxy) is 1. The summed E-state index contributed by atoms with van der Waals surface area (Å²) in [5, 5.41) is 3.42. The van der Waals surface area contributed by atoms with Crippen molar-refractivity contribution in [2.24, 2.45) is 0 Å². The predicted octanol–water partition coefficient (Wildman–Crippen LogP) is 3.27. The number of hydrogen-bond acceptors (Lipinski definition) is 2. The van der Waals surface area contributed by atoms with E-state index < -0.39 is 0 Å². The molecule has 3 heteroatoms. The van der Waals surface area contributed by atoms with E-state index in [0.717, 1.165) is 12.3 Å². The van der Waals surface area contributed by atoms with Crippen LogP contribution in [0.25, 0.3) is 0 Å². The Hall–Kier alpha value is -0.730. The first kappa shape index (κ1) is 13.3. The number of hydrogen-bond donors (Lipinski definition) is 1. The van der Waals surface area contributed by atoms with Gasteiger partial charge >= 0.3 is 0 Å². The molecule has 0 aliphatic carbocycles. The van der Waals surface area contributed by atoms with Crippen LogP contribution in [-0.4, -0.2) is 13.7 Å². The number of methoxy groups -OCH3 is 1. The second-order valence-corrected chi connectivity index (χ2v) is 4.45. The highest BCUT2D eigenvalue weighted by atomic mass is 35.5. The lowest BCUT2D eigenvalue weighted by atomic mass is 9.92. The average Bonchev–Trinajstić information content (AvgIpc) is 2.15. The zero-order chi connectivity index (χ0) is 10.8. The van der Waals surface area contributed by atoms with Gasteiger partial charge in [-0.05, 0) is 30.5 Å². The van der Waals surface area contributed by atoms with Gasteiger partial charge in [0.2, 0.25) is 0 Å². The summed E-state index contributed by atoms with van der Waals surface area (Å²) in [4.78, 5) is 0. The Morgan fingerprint density at radius 2 is 2.06 bits per heavy atom. The molecular formula is C13H20ClNO. The van der Waals surface area contributed by atoms with Crippen LogP contribution in [-0.2, 0) is 0 Å². The van der Waals surface area contributed by atoms with E-state index in [4.69, 9.17) is 4.74 Å². The third-order valence-electron chi connectivity index (χ3n) is 3.12. The molecule has 0 radical (unpaired) electrons. The van der Waals surface area contributed by atoms with E-state index in [1.165, 1.54) is 17.5 Å². The van der Waals surface area contributed by atoms with Crippen LogP contribution in [0.2, 0.25) is 0 Å². The minimum atomic E-state index is 0. The van der Waals surface area contributed by atoms with Gasteiger partial charge in [-0.15, -0.1) is 12.4 Å². The lowest BCUT2D eigenvalue weighted by Crippen LogP contribution is -2.35. The topological polar surface area (TPSA) is 21.3 Å². The Morgan fingerprint density at radius 3 is 2.50 bits per heavy atom. The maximum atomic E-state index is 5.40. The van der Waals surface area contributed by atoms with Crippen LogP contribution in [0.1, 0.15) is 43.4 Å². The predicted molar refractivity (Wildman–Crippen MR) is 69.7 cm³/mol. The van der Waals surface area contributed by atoms with Crippen LogP contribution in [0, 0.1) is 0 Å². The van der Waals surface area contributed by atoms with Crippen molar-refractivity contribution in [3.63, 3.8) is 0 Å². The van der Waals surface area contributed by atoms with Gasteiger partial charge in [0.15, 0.2) is 0 Å². The maximum Gasteiger partial charge on any atom is 0.123 e. The van der Waals surface area contributed by atoms with Gasteiger partial charge < -0.3 is 10.1 Å². The Kier molecular flexibility index (Phi) is 4.63. The summed E-state index contributed by atoms with van der Waals surface area (Å²) in [5.74, 6) is 1.59. The van der Waals surface area contributed by atoms with Crippen LogP contribution in [0.4, 0.5) is 0 Å². The third-order valence-corrected chi connectivity index (χ3v) is 3.12. The minimum absolute atomic E-state index is 0. The Bertz CT molecular complexity index is 348. The fourth-order valence-corrected chi connectivity index (χ4v) is 1.94. The zero-order valence-electron chi connectivity index (χ0n) is 10.1. The first-order valence-electron chi connectivity index (χ1n) is 5.63. The molecule has 90 valence electrons. The molecule has 0 spiro atoms. The van der Waals surface area contributed by atoms with Crippen LogP contribution >= 0.6 is 12.4 Å². The van der Waals surface area contributed by atoms with Gasteiger partial charge in [0.1, 0.15) is 5.75 Å². The first-order chi connectivity index (χ1) is 7.22. The molecule has 1 fully saturated rings. The molecule has 1 aliphatic heterocycles. The van der Waals surface area contributed by atoms with Crippen LogP contribution in [0.3, 0.4) is 0 Å². The van der Waals surface area contributed by atoms with Gasteiger partial charge in [0.05, 0.1) is 7.11 Å². The molecule has 0 bridgehead atoms. The van der Waals surface area contributed by atoms with Gasteiger partial charge in [-0.3, -0.25) is 0 Å². The monoisotopic (exact) mass is 241 g/mol. The molecule has 1 heterocycles. The minimum Gasteiger partial charge on any atom is -0.496 e. The van der Waals surface area contributed by atoms with E-state index >= 15 is 0 Å². The van der Waals surface area contributed by atoms with E-state index in [9.17, 15) is 0 Å². The molecule has 1 N–H and O–H groups in total. The van der Waals surface area contributed by atoms with Crippen molar-refractivity contribution in [3.8, 4) is 5.75 Å². The van der Waals surface area contributed by atoms with Gasteiger partial charge in [-0.1, -0.05) is 26.0 Å². The Labute approximate surface area is 104 Å². The van der Waals surface area contributed by atoms with Crippen molar-refractivity contribution in [2.75, 3.05) is 13.7 Å². The van der Waals surface area contributed by atoms with Crippen LogP contribution < -0.4 is 10.1 Å². The number of halogens is 1. The third kappa shape index (κ3) is 2.50. The normalized spacial score (nSPS) is 18.9. The van der Waals surface area contributed by atoms with Crippen molar-refractivity contribution in [2.45, 2.75) is 32.2 Å². The van der Waals surface area contributed by atoms with Crippen molar-refractivity contribution >= 4 is 12.4 Å². The van der Waals surface area contributed by atoms with Crippen molar-refractivity contribution in [1.29, 1.82) is 0 Å². The molecule has 0 saturated carbocycles. The smallest absolute Gasteiger partial charge is 0.123 e. The van der Waals surface area contributed by atoms with Gasteiger partial charge in [-0.25, -0.2) is 0 Å².